The number of ether oxygens (including phenoxy) is 2. The minimum atomic E-state index is -3.60. The molecule has 198 valence electrons. The molecule has 0 saturated carbocycles. The third-order valence-electron chi connectivity index (χ3n) is 6.78. The Kier molecular flexibility index (Phi) is 7.39. The van der Waals surface area contributed by atoms with Crippen molar-refractivity contribution >= 4 is 42.6 Å². The molecule has 3 heterocycles. The van der Waals surface area contributed by atoms with Crippen molar-refractivity contribution in [2.75, 3.05) is 45.4 Å². The molecule has 0 spiro atoms. The Morgan fingerprint density at radius 3 is 2.54 bits per heavy atom. The Labute approximate surface area is 221 Å². The topological polar surface area (TPSA) is 92.3 Å². The lowest BCUT2D eigenvalue weighted by atomic mass is 10.1. The maximum Gasteiger partial charge on any atom is 0.260 e. The van der Waals surface area contributed by atoms with E-state index in [1.807, 2.05) is 33.2 Å². The summed E-state index contributed by atoms with van der Waals surface area (Å²) in [6.45, 7) is 3.97. The van der Waals surface area contributed by atoms with Crippen LogP contribution in [-0.2, 0) is 10.0 Å². The van der Waals surface area contributed by atoms with Gasteiger partial charge in [-0.25, -0.2) is 13.4 Å². The summed E-state index contributed by atoms with van der Waals surface area (Å²) < 4.78 is 39.9. The zero-order valence-corrected chi connectivity index (χ0v) is 23.0. The van der Waals surface area contributed by atoms with Crippen LogP contribution < -0.4 is 14.4 Å². The highest BCUT2D eigenvalue weighted by atomic mass is 32.2. The SMILES string of the molecule is C[C@H]1CCCCN1S(=O)(=O)c1ccc(C(=O)N(CCCN(C)C)c2nc3cc4c(cc3s2)OCO4)cc1. The second-order valence-electron chi connectivity index (χ2n) is 9.77. The fourth-order valence-electron chi connectivity index (χ4n) is 4.74. The van der Waals surface area contributed by atoms with Gasteiger partial charge >= 0.3 is 0 Å². The van der Waals surface area contributed by atoms with Gasteiger partial charge in [-0.3, -0.25) is 9.69 Å². The first-order chi connectivity index (χ1) is 17.7. The average molecular weight is 545 g/mol. The molecule has 3 aromatic rings. The van der Waals surface area contributed by atoms with Gasteiger partial charge in [0.25, 0.3) is 5.91 Å². The van der Waals surface area contributed by atoms with Crippen LogP contribution in [0.2, 0.25) is 0 Å². The summed E-state index contributed by atoms with van der Waals surface area (Å²) in [6, 6.07) is 9.99. The van der Waals surface area contributed by atoms with E-state index in [1.54, 1.807) is 33.5 Å². The quantitative estimate of drug-likeness (QED) is 0.420. The zero-order valence-electron chi connectivity index (χ0n) is 21.3. The van der Waals surface area contributed by atoms with Gasteiger partial charge in [-0.05, 0) is 71.1 Å². The van der Waals surface area contributed by atoms with Crippen molar-refractivity contribution in [1.29, 1.82) is 0 Å². The predicted molar refractivity (Wildman–Crippen MR) is 144 cm³/mol. The monoisotopic (exact) mass is 544 g/mol. The third kappa shape index (κ3) is 5.31. The lowest BCUT2D eigenvalue weighted by molar-refractivity contribution is 0.0986. The van der Waals surface area contributed by atoms with Gasteiger partial charge in [0.1, 0.15) is 0 Å². The normalized spacial score (nSPS) is 18.0. The summed E-state index contributed by atoms with van der Waals surface area (Å²) in [4.78, 5) is 22.4. The van der Waals surface area contributed by atoms with Gasteiger partial charge in [0, 0.05) is 36.8 Å². The van der Waals surface area contributed by atoms with Crippen molar-refractivity contribution in [3.63, 3.8) is 0 Å². The van der Waals surface area contributed by atoms with Crippen molar-refractivity contribution < 1.29 is 22.7 Å². The number of piperidine rings is 1. The van der Waals surface area contributed by atoms with Crippen LogP contribution >= 0.6 is 11.3 Å². The molecule has 5 rings (SSSR count). The number of carbonyl (C=O) groups is 1. The van der Waals surface area contributed by atoms with Crippen molar-refractivity contribution in [1.82, 2.24) is 14.2 Å². The second kappa shape index (κ2) is 10.6. The number of carbonyl (C=O) groups excluding carboxylic acids is 1. The Bertz CT molecular complexity index is 1350. The van der Waals surface area contributed by atoms with Crippen LogP contribution in [0.15, 0.2) is 41.3 Å². The lowest BCUT2D eigenvalue weighted by Crippen LogP contribution is -2.41. The fraction of sp³-hybridized carbons (Fsp3) is 0.462. The van der Waals surface area contributed by atoms with Gasteiger partial charge in [-0.1, -0.05) is 17.8 Å². The number of sulfonamides is 1. The standard InChI is InChI=1S/C26H32N4O5S2/c1-18-7-4-5-14-30(18)37(32,33)20-10-8-19(9-11-20)25(31)29(13-6-12-28(2)3)26-27-21-15-22-23(35-17-34-22)16-24(21)36-26/h8-11,15-16,18H,4-7,12-14,17H2,1-3H3/t18-/m0/s1. The molecule has 37 heavy (non-hydrogen) atoms. The number of thiazole rings is 1. The first-order valence-corrected chi connectivity index (χ1v) is 14.8. The van der Waals surface area contributed by atoms with Crippen molar-refractivity contribution in [2.24, 2.45) is 0 Å². The van der Waals surface area contributed by atoms with Crippen molar-refractivity contribution in [3.05, 3.63) is 42.0 Å². The van der Waals surface area contributed by atoms with Gasteiger partial charge in [-0.2, -0.15) is 4.31 Å². The largest absolute Gasteiger partial charge is 0.454 e. The Morgan fingerprint density at radius 2 is 1.84 bits per heavy atom. The molecule has 9 nitrogen and oxygen atoms in total. The van der Waals surface area contributed by atoms with E-state index in [1.165, 1.54) is 11.3 Å². The summed E-state index contributed by atoms with van der Waals surface area (Å²) >= 11 is 1.42. The molecule has 1 aromatic heterocycles. The molecule has 2 aromatic carbocycles. The third-order valence-corrected chi connectivity index (χ3v) is 9.85. The summed E-state index contributed by atoms with van der Waals surface area (Å²) in [5.74, 6) is 1.11. The number of aromatic nitrogens is 1. The number of nitrogens with zero attached hydrogens (tertiary/aromatic N) is 4. The molecule has 0 bridgehead atoms. The number of anilines is 1. The predicted octanol–water partition coefficient (Wildman–Crippen LogP) is 4.19. The number of benzene rings is 2. The Hall–Kier alpha value is -2.73. The first-order valence-electron chi connectivity index (χ1n) is 12.5. The van der Waals surface area contributed by atoms with Crippen LogP contribution in [0.5, 0.6) is 11.5 Å². The average Bonchev–Trinajstić information content (AvgIpc) is 3.50. The molecule has 2 aliphatic rings. The first kappa shape index (κ1) is 25.9. The highest BCUT2D eigenvalue weighted by molar-refractivity contribution is 7.89. The van der Waals surface area contributed by atoms with E-state index in [9.17, 15) is 13.2 Å². The van der Waals surface area contributed by atoms with E-state index in [0.717, 1.165) is 42.4 Å². The summed E-state index contributed by atoms with van der Waals surface area (Å²) in [5.41, 5.74) is 1.16. The maximum absolute atomic E-state index is 13.7. The van der Waals surface area contributed by atoms with Crippen LogP contribution in [-0.4, -0.2) is 75.1 Å². The van der Waals surface area contributed by atoms with E-state index in [-0.39, 0.29) is 23.6 Å². The molecule has 11 heteroatoms. The van der Waals surface area contributed by atoms with Gasteiger partial charge in [0.05, 0.1) is 15.1 Å². The molecule has 0 aliphatic carbocycles. The fourth-order valence-corrected chi connectivity index (χ4v) is 7.44. The molecule has 1 atom stereocenters. The molecule has 1 amide bonds. The number of fused-ring (bicyclic) bond motifs is 2. The Morgan fingerprint density at radius 1 is 1.11 bits per heavy atom. The van der Waals surface area contributed by atoms with E-state index >= 15 is 0 Å². The molecule has 0 radical (unpaired) electrons. The highest BCUT2D eigenvalue weighted by Crippen LogP contribution is 2.40. The van der Waals surface area contributed by atoms with E-state index in [0.29, 0.717) is 35.3 Å². The van der Waals surface area contributed by atoms with E-state index < -0.39 is 10.0 Å². The lowest BCUT2D eigenvalue weighted by Gasteiger charge is -2.32. The highest BCUT2D eigenvalue weighted by Gasteiger charge is 2.31. The van der Waals surface area contributed by atoms with Crippen LogP contribution in [0.1, 0.15) is 43.0 Å². The molecule has 2 aliphatic heterocycles. The van der Waals surface area contributed by atoms with Gasteiger partial charge in [0.2, 0.25) is 16.8 Å². The molecule has 1 saturated heterocycles. The van der Waals surface area contributed by atoms with Crippen LogP contribution in [0.4, 0.5) is 5.13 Å². The number of hydrogen-bond acceptors (Lipinski definition) is 8. The zero-order chi connectivity index (χ0) is 26.2. The molecule has 1 fully saturated rings. The molecule has 0 unspecified atom stereocenters. The Balaban J connectivity index is 1.42. The van der Waals surface area contributed by atoms with Crippen LogP contribution in [0.3, 0.4) is 0 Å². The second-order valence-corrected chi connectivity index (χ2v) is 12.7. The molecular formula is C26H32N4O5S2. The number of hydrogen-bond donors (Lipinski definition) is 0. The van der Waals surface area contributed by atoms with E-state index in [2.05, 4.69) is 4.90 Å². The van der Waals surface area contributed by atoms with Crippen molar-refractivity contribution in [2.45, 2.75) is 43.5 Å². The number of amides is 1. The summed E-state index contributed by atoms with van der Waals surface area (Å²) in [6.07, 6.45) is 3.53. The summed E-state index contributed by atoms with van der Waals surface area (Å²) in [7, 11) is 0.384. The van der Waals surface area contributed by atoms with Crippen molar-refractivity contribution in [3.8, 4) is 11.5 Å². The van der Waals surface area contributed by atoms with Crippen LogP contribution in [0.25, 0.3) is 10.2 Å². The molecular weight excluding hydrogens is 512 g/mol. The smallest absolute Gasteiger partial charge is 0.260 e. The van der Waals surface area contributed by atoms with Gasteiger partial charge < -0.3 is 14.4 Å². The van der Waals surface area contributed by atoms with Gasteiger partial charge in [-0.15, -0.1) is 0 Å². The molecule has 0 N–H and O–H groups in total. The van der Waals surface area contributed by atoms with E-state index in [4.69, 9.17) is 14.5 Å². The number of rotatable bonds is 8. The van der Waals surface area contributed by atoms with Crippen LogP contribution in [0, 0.1) is 0 Å². The van der Waals surface area contributed by atoms with Gasteiger partial charge in [0.15, 0.2) is 16.6 Å². The minimum Gasteiger partial charge on any atom is -0.454 e. The maximum atomic E-state index is 13.7. The summed E-state index contributed by atoms with van der Waals surface area (Å²) in [5, 5.41) is 0.585. The minimum absolute atomic E-state index is 0.0246.